The Hall–Kier alpha value is -8.98. The summed E-state index contributed by atoms with van der Waals surface area (Å²) in [5.41, 5.74) is 22.6. The minimum absolute atomic E-state index is 0.497. The van der Waals surface area contributed by atoms with E-state index in [1.165, 1.54) is 154 Å². The maximum absolute atomic E-state index is 2.53. The van der Waals surface area contributed by atoms with E-state index in [0.29, 0.717) is 0 Å². The van der Waals surface area contributed by atoms with Crippen molar-refractivity contribution in [1.29, 1.82) is 0 Å². The lowest BCUT2D eigenvalue weighted by molar-refractivity contribution is 0.794. The summed E-state index contributed by atoms with van der Waals surface area (Å²) in [5.74, 6) is 0. The molecule has 71 heavy (non-hydrogen) atoms. The Morgan fingerprint density at radius 3 is 1.28 bits per heavy atom. The molecule has 0 fully saturated rings. The van der Waals surface area contributed by atoms with Gasteiger partial charge in [-0.2, -0.15) is 0 Å². The fourth-order valence-electron chi connectivity index (χ4n) is 14.0. The van der Waals surface area contributed by atoms with Crippen molar-refractivity contribution in [3.05, 3.63) is 253 Å². The van der Waals surface area contributed by atoms with Crippen molar-refractivity contribution in [2.24, 2.45) is 14.1 Å². The van der Waals surface area contributed by atoms with Crippen LogP contribution in [0.1, 0.15) is 22.3 Å². The first kappa shape index (κ1) is 38.9. The highest BCUT2D eigenvalue weighted by atomic mass is 14.9. The van der Waals surface area contributed by atoms with Crippen LogP contribution in [0.5, 0.6) is 0 Å². The second kappa shape index (κ2) is 14.1. The number of aromatic nitrogens is 2. The summed E-state index contributed by atoms with van der Waals surface area (Å²) in [6.07, 6.45) is 0. The van der Waals surface area contributed by atoms with Crippen LogP contribution >= 0.6 is 0 Å². The van der Waals surface area contributed by atoms with Crippen molar-refractivity contribution in [3.63, 3.8) is 0 Å². The quantitative estimate of drug-likeness (QED) is 0.156. The van der Waals surface area contributed by atoms with Gasteiger partial charge in [0, 0.05) is 57.7 Å². The monoisotopic (exact) mass is 900 g/mol. The van der Waals surface area contributed by atoms with Crippen molar-refractivity contribution in [1.82, 2.24) is 9.13 Å². The molecule has 0 saturated heterocycles. The second-order valence-corrected chi connectivity index (χ2v) is 19.9. The van der Waals surface area contributed by atoms with Crippen LogP contribution in [0.3, 0.4) is 0 Å². The van der Waals surface area contributed by atoms with E-state index < -0.39 is 5.41 Å². The number of nitrogens with zero attached hydrogens (tertiary/aromatic N) is 2. The van der Waals surface area contributed by atoms with E-state index in [1.807, 2.05) is 0 Å². The molecule has 1 atom stereocenters. The average Bonchev–Trinajstić information content (AvgIpc) is 4.12. The number of benzene rings is 12. The zero-order valence-electron chi connectivity index (χ0n) is 39.3. The van der Waals surface area contributed by atoms with Crippen LogP contribution in [0.25, 0.3) is 132 Å². The van der Waals surface area contributed by atoms with E-state index in [1.54, 1.807) is 0 Å². The van der Waals surface area contributed by atoms with Crippen LogP contribution in [-0.4, -0.2) is 9.13 Å². The Labute approximate surface area is 410 Å². The van der Waals surface area contributed by atoms with E-state index in [0.717, 1.165) is 0 Å². The molecule has 1 spiro atoms. The van der Waals surface area contributed by atoms with Gasteiger partial charge in [0.05, 0.1) is 5.41 Å². The summed E-state index contributed by atoms with van der Waals surface area (Å²) in [5, 5.41) is 12.7. The number of hydrogen-bond donors (Lipinski definition) is 0. The van der Waals surface area contributed by atoms with E-state index in [9.17, 15) is 0 Å². The van der Waals surface area contributed by atoms with Crippen LogP contribution in [0.15, 0.2) is 231 Å². The van der Waals surface area contributed by atoms with Gasteiger partial charge in [0.25, 0.3) is 0 Å². The number of rotatable bonds is 3. The molecular weight excluding hydrogens is 857 g/mol. The molecule has 14 aromatic rings. The number of para-hydroxylation sites is 2. The third kappa shape index (κ3) is 4.87. The van der Waals surface area contributed by atoms with Gasteiger partial charge >= 0.3 is 0 Å². The molecule has 2 aliphatic carbocycles. The first-order valence-electron chi connectivity index (χ1n) is 24.9. The lowest BCUT2D eigenvalue weighted by atomic mass is 9.70. The Balaban J connectivity index is 1.07. The Morgan fingerprint density at radius 1 is 0.254 bits per heavy atom. The van der Waals surface area contributed by atoms with Gasteiger partial charge in [-0.25, -0.2) is 0 Å². The maximum Gasteiger partial charge on any atom is 0.0725 e. The normalized spacial score (nSPS) is 14.7. The SMILES string of the molecule is Cn1c2ccccc2c2c(-c3cccc4c(-c5cccc6c5-c5ccccc5C65c6ccccc6-c6c5ccc5ccccc65)c5cccc(-c6cccc7c6c6ccccc6n7C)c5cc34)cccc21. The van der Waals surface area contributed by atoms with Gasteiger partial charge in [0.2, 0.25) is 0 Å². The van der Waals surface area contributed by atoms with Crippen molar-refractivity contribution < 1.29 is 0 Å². The summed E-state index contributed by atoms with van der Waals surface area (Å²) in [6.45, 7) is 0. The third-order valence-electron chi connectivity index (χ3n) is 16.8. The van der Waals surface area contributed by atoms with E-state index in [-0.39, 0.29) is 0 Å². The fourth-order valence-corrected chi connectivity index (χ4v) is 14.0. The second-order valence-electron chi connectivity index (χ2n) is 19.9. The highest BCUT2D eigenvalue weighted by molar-refractivity contribution is 6.25. The third-order valence-corrected chi connectivity index (χ3v) is 16.8. The van der Waals surface area contributed by atoms with Gasteiger partial charge < -0.3 is 9.13 Å². The molecule has 2 aromatic heterocycles. The molecule has 2 heterocycles. The van der Waals surface area contributed by atoms with Gasteiger partial charge in [-0.3, -0.25) is 0 Å². The first-order valence-corrected chi connectivity index (χ1v) is 24.9. The molecule has 2 nitrogen and oxygen atoms in total. The highest BCUT2D eigenvalue weighted by Gasteiger charge is 2.52. The summed E-state index contributed by atoms with van der Waals surface area (Å²) in [4.78, 5) is 0. The molecular formula is C69H44N2. The van der Waals surface area contributed by atoms with Crippen LogP contribution in [0.4, 0.5) is 0 Å². The molecule has 16 rings (SSSR count). The first-order chi connectivity index (χ1) is 35.1. The standard InChI is InChI=1S/C69H44N2/c1-70-60-34-11-7-22-51(60)67-45(28-16-36-62(67)70)43-24-13-26-47-54(43)40-55-44(46-29-17-37-63-68(46)52-23-8-12-35-61(52)71(63)2)25-14-27-48(55)64(47)53-30-15-33-58-66(53)50-21-6-10-32-57(50)69(58)56-31-9-5-20-49(56)65-42-19-4-3-18-41(42)38-39-59(65)69/h3-40H,1-2H3. The predicted octanol–water partition coefficient (Wildman–Crippen LogP) is 17.8. The van der Waals surface area contributed by atoms with Crippen LogP contribution < -0.4 is 0 Å². The summed E-state index contributed by atoms with van der Waals surface area (Å²) >= 11 is 0. The largest absolute Gasteiger partial charge is 0.344 e. The van der Waals surface area contributed by atoms with E-state index in [2.05, 4.69) is 254 Å². The zero-order chi connectivity index (χ0) is 46.7. The smallest absolute Gasteiger partial charge is 0.0725 e. The van der Waals surface area contributed by atoms with Crippen molar-refractivity contribution in [2.45, 2.75) is 5.41 Å². The van der Waals surface area contributed by atoms with Crippen molar-refractivity contribution in [3.8, 4) is 55.6 Å². The lowest BCUT2D eigenvalue weighted by Gasteiger charge is -2.30. The van der Waals surface area contributed by atoms with Gasteiger partial charge in [0.15, 0.2) is 0 Å². The average molecular weight is 901 g/mol. The van der Waals surface area contributed by atoms with Crippen LogP contribution in [-0.2, 0) is 19.5 Å². The molecule has 330 valence electrons. The topological polar surface area (TPSA) is 9.86 Å². The van der Waals surface area contributed by atoms with Gasteiger partial charge in [-0.05, 0) is 141 Å². The molecule has 1 unspecified atom stereocenters. The summed E-state index contributed by atoms with van der Waals surface area (Å²) in [7, 11) is 4.40. The fraction of sp³-hybridized carbons (Fsp3) is 0.0435. The predicted molar refractivity (Wildman–Crippen MR) is 300 cm³/mol. The molecule has 0 bridgehead atoms. The maximum atomic E-state index is 2.53. The summed E-state index contributed by atoms with van der Waals surface area (Å²) < 4.78 is 4.71. The van der Waals surface area contributed by atoms with Crippen LogP contribution in [0, 0.1) is 0 Å². The molecule has 2 aliphatic rings. The molecule has 2 heteroatoms. The van der Waals surface area contributed by atoms with Gasteiger partial charge in [0.1, 0.15) is 0 Å². The highest BCUT2D eigenvalue weighted by Crippen LogP contribution is 2.65. The Morgan fingerprint density at radius 2 is 0.662 bits per heavy atom. The molecule has 0 saturated carbocycles. The Bertz CT molecular complexity index is 4500. The number of fused-ring (bicyclic) bond motifs is 20. The minimum Gasteiger partial charge on any atom is -0.344 e. The number of aryl methyl sites for hydroxylation is 2. The molecule has 0 radical (unpaired) electrons. The molecule has 0 amide bonds. The van der Waals surface area contributed by atoms with Gasteiger partial charge in [-0.15, -0.1) is 0 Å². The van der Waals surface area contributed by atoms with E-state index >= 15 is 0 Å². The summed E-state index contributed by atoms with van der Waals surface area (Å²) in [6, 6.07) is 87.5. The number of hydrogen-bond acceptors (Lipinski definition) is 0. The van der Waals surface area contributed by atoms with E-state index in [4.69, 9.17) is 0 Å². The van der Waals surface area contributed by atoms with Gasteiger partial charge in [-0.1, -0.05) is 200 Å². The molecule has 0 N–H and O–H groups in total. The lowest BCUT2D eigenvalue weighted by Crippen LogP contribution is -2.25. The van der Waals surface area contributed by atoms with Crippen molar-refractivity contribution >= 4 is 75.9 Å². The van der Waals surface area contributed by atoms with Crippen molar-refractivity contribution in [2.75, 3.05) is 0 Å². The molecule has 0 aliphatic heterocycles. The minimum atomic E-state index is -0.497. The van der Waals surface area contributed by atoms with Crippen LogP contribution in [0.2, 0.25) is 0 Å². The zero-order valence-corrected chi connectivity index (χ0v) is 39.3. The molecule has 12 aromatic carbocycles. The Kier molecular flexibility index (Phi) is 7.71.